The van der Waals surface area contributed by atoms with Gasteiger partial charge in [0.05, 0.1) is 17.2 Å². The van der Waals surface area contributed by atoms with Crippen LogP contribution < -0.4 is 10.2 Å². The molecule has 2 aromatic rings. The fourth-order valence-corrected chi connectivity index (χ4v) is 2.62. The van der Waals surface area contributed by atoms with Gasteiger partial charge in [0.1, 0.15) is 23.0 Å². The van der Waals surface area contributed by atoms with Crippen molar-refractivity contribution >= 4 is 27.2 Å². The van der Waals surface area contributed by atoms with Crippen LogP contribution in [0.15, 0.2) is 52.5 Å². The molecule has 0 saturated heterocycles. The zero-order valence-corrected chi connectivity index (χ0v) is 15.9. The van der Waals surface area contributed by atoms with E-state index < -0.39 is 15.8 Å². The van der Waals surface area contributed by atoms with E-state index in [1.54, 1.807) is 13.0 Å². The van der Waals surface area contributed by atoms with Gasteiger partial charge in [-0.1, -0.05) is 0 Å². The number of benzene rings is 2. The van der Waals surface area contributed by atoms with Gasteiger partial charge < -0.3 is 14.6 Å². The maximum Gasteiger partial charge on any atom is 0.354 e. The monoisotopic (exact) mass is 392 g/mol. The molecular weight excluding hydrogens is 372 g/mol. The average Bonchev–Trinajstić information content (AvgIpc) is 2.60. The first-order chi connectivity index (χ1) is 12.7. The lowest BCUT2D eigenvalue weighted by molar-refractivity contribution is -0.135. The lowest BCUT2D eigenvalue weighted by Crippen LogP contribution is -2.15. The molecular formula is C18H20N2O6S. The largest absolute Gasteiger partial charge is 0.506 e. The smallest absolute Gasteiger partial charge is 0.354 e. The summed E-state index contributed by atoms with van der Waals surface area (Å²) in [6, 6.07) is 10.4. The van der Waals surface area contributed by atoms with Crippen molar-refractivity contribution in [2.45, 2.75) is 18.7 Å². The number of nitrogens with zero attached hydrogens (tertiary/aromatic N) is 1. The molecule has 0 radical (unpaired) electrons. The van der Waals surface area contributed by atoms with Gasteiger partial charge in [0.2, 0.25) is 0 Å². The van der Waals surface area contributed by atoms with Crippen LogP contribution in [0.1, 0.15) is 13.8 Å². The Hall–Kier alpha value is -3.07. The molecule has 0 bridgehead atoms. The van der Waals surface area contributed by atoms with Gasteiger partial charge in [-0.05, 0) is 50.2 Å². The molecule has 2 aromatic carbocycles. The van der Waals surface area contributed by atoms with Crippen LogP contribution >= 0.6 is 0 Å². The van der Waals surface area contributed by atoms with Gasteiger partial charge in [0, 0.05) is 12.3 Å². The Balaban J connectivity index is 2.08. The van der Waals surface area contributed by atoms with E-state index in [-0.39, 0.29) is 28.7 Å². The van der Waals surface area contributed by atoms with Gasteiger partial charge in [0.15, 0.2) is 9.84 Å². The second-order valence-electron chi connectivity index (χ2n) is 5.55. The molecule has 0 unspecified atom stereocenters. The van der Waals surface area contributed by atoms with Gasteiger partial charge >= 0.3 is 5.97 Å². The zero-order valence-electron chi connectivity index (χ0n) is 15.1. The summed E-state index contributed by atoms with van der Waals surface area (Å²) in [7, 11) is -3.28. The van der Waals surface area contributed by atoms with E-state index in [1.165, 1.54) is 43.3 Å². The zero-order chi connectivity index (χ0) is 20.0. The minimum absolute atomic E-state index is 0.113. The number of rotatable bonds is 7. The first-order valence-electron chi connectivity index (χ1n) is 7.99. The molecule has 0 fully saturated rings. The van der Waals surface area contributed by atoms with E-state index in [0.717, 1.165) is 6.26 Å². The summed E-state index contributed by atoms with van der Waals surface area (Å²) >= 11 is 0. The van der Waals surface area contributed by atoms with Crippen LogP contribution in [-0.2, 0) is 19.4 Å². The van der Waals surface area contributed by atoms with Gasteiger partial charge in [-0.2, -0.15) is 5.10 Å². The standard InChI is InChI=1S/C18H20N2O6S/c1-4-25-18(22)12(2)19-20-16-10-7-14(11-17(16)21)26-13-5-8-15(9-6-13)27(3,23)24/h5-11,20-21H,4H2,1-3H3. The number of hydrogen-bond donors (Lipinski definition) is 2. The summed E-state index contributed by atoms with van der Waals surface area (Å²) in [4.78, 5) is 11.7. The maximum absolute atomic E-state index is 11.5. The predicted molar refractivity (Wildman–Crippen MR) is 101 cm³/mol. The third-order valence-electron chi connectivity index (χ3n) is 3.37. The Morgan fingerprint density at radius 2 is 1.78 bits per heavy atom. The second kappa shape index (κ2) is 8.54. The molecule has 0 heterocycles. The van der Waals surface area contributed by atoms with Crippen molar-refractivity contribution in [3.05, 3.63) is 42.5 Å². The number of carbonyl (C=O) groups excluding carboxylic acids is 1. The summed E-state index contributed by atoms with van der Waals surface area (Å²) < 4.78 is 33.3. The minimum atomic E-state index is -3.28. The first kappa shape index (κ1) is 20.2. The van der Waals surface area contributed by atoms with E-state index in [0.29, 0.717) is 11.5 Å². The number of ether oxygens (including phenoxy) is 2. The van der Waals surface area contributed by atoms with Gasteiger partial charge in [-0.25, -0.2) is 13.2 Å². The Bertz CT molecular complexity index is 952. The average molecular weight is 392 g/mol. The van der Waals surface area contributed by atoms with Crippen molar-refractivity contribution in [1.82, 2.24) is 0 Å². The van der Waals surface area contributed by atoms with Crippen LogP contribution in [0, 0.1) is 0 Å². The third-order valence-corrected chi connectivity index (χ3v) is 4.50. The van der Waals surface area contributed by atoms with Crippen molar-refractivity contribution in [1.29, 1.82) is 0 Å². The summed E-state index contributed by atoms with van der Waals surface area (Å²) in [6.45, 7) is 3.42. The number of carbonyl (C=O) groups is 1. The third kappa shape index (κ3) is 5.71. The number of sulfone groups is 1. The van der Waals surface area contributed by atoms with Crippen LogP contribution in [0.2, 0.25) is 0 Å². The maximum atomic E-state index is 11.5. The highest BCUT2D eigenvalue weighted by Gasteiger charge is 2.09. The molecule has 0 atom stereocenters. The molecule has 0 aliphatic carbocycles. The molecule has 2 rings (SSSR count). The van der Waals surface area contributed by atoms with Crippen LogP contribution in [0.3, 0.4) is 0 Å². The van der Waals surface area contributed by atoms with Crippen molar-refractivity contribution in [2.75, 3.05) is 18.3 Å². The molecule has 8 nitrogen and oxygen atoms in total. The molecule has 2 N–H and O–H groups in total. The number of hydrazone groups is 1. The number of aromatic hydroxyl groups is 1. The number of phenols is 1. The Labute approximate surface area is 157 Å². The number of esters is 1. The van der Waals surface area contributed by atoms with E-state index in [4.69, 9.17) is 9.47 Å². The topological polar surface area (TPSA) is 114 Å². The molecule has 0 amide bonds. The fourth-order valence-electron chi connectivity index (χ4n) is 1.99. The van der Waals surface area contributed by atoms with Crippen molar-refractivity contribution < 1.29 is 27.8 Å². The van der Waals surface area contributed by atoms with Crippen molar-refractivity contribution in [3.63, 3.8) is 0 Å². The van der Waals surface area contributed by atoms with Crippen molar-refractivity contribution in [2.24, 2.45) is 5.10 Å². The highest BCUT2D eigenvalue weighted by molar-refractivity contribution is 7.90. The quantitative estimate of drug-likeness (QED) is 0.322. The molecule has 27 heavy (non-hydrogen) atoms. The van der Waals surface area contributed by atoms with Gasteiger partial charge in [-0.3, -0.25) is 5.43 Å². The molecule has 0 aromatic heterocycles. The van der Waals surface area contributed by atoms with E-state index >= 15 is 0 Å². The summed E-state index contributed by atoms with van der Waals surface area (Å²) in [6.07, 6.45) is 1.12. The van der Waals surface area contributed by atoms with E-state index in [1.807, 2.05) is 0 Å². The molecule has 0 saturated carbocycles. The Morgan fingerprint density at radius 1 is 1.15 bits per heavy atom. The first-order valence-corrected chi connectivity index (χ1v) is 9.88. The number of anilines is 1. The molecule has 0 aliphatic heterocycles. The Kier molecular flexibility index (Phi) is 6.40. The molecule has 0 aliphatic rings. The summed E-state index contributed by atoms with van der Waals surface area (Å²) in [5, 5.41) is 13.9. The predicted octanol–water partition coefficient (Wildman–Crippen LogP) is 2.94. The summed E-state index contributed by atoms with van der Waals surface area (Å²) in [5.74, 6) is 0.0672. The SMILES string of the molecule is CCOC(=O)C(C)=NNc1ccc(Oc2ccc(S(C)(=O)=O)cc2)cc1O. The normalized spacial score (nSPS) is 11.7. The van der Waals surface area contributed by atoms with E-state index in [9.17, 15) is 18.3 Å². The number of nitrogens with one attached hydrogen (secondary N) is 1. The van der Waals surface area contributed by atoms with Crippen LogP contribution in [-0.4, -0.2) is 38.1 Å². The number of hydrogen-bond acceptors (Lipinski definition) is 8. The molecule has 9 heteroatoms. The van der Waals surface area contributed by atoms with Gasteiger partial charge in [-0.15, -0.1) is 0 Å². The highest BCUT2D eigenvalue weighted by atomic mass is 32.2. The van der Waals surface area contributed by atoms with Crippen LogP contribution in [0.4, 0.5) is 5.69 Å². The fraction of sp³-hybridized carbons (Fsp3) is 0.222. The lowest BCUT2D eigenvalue weighted by atomic mass is 10.2. The lowest BCUT2D eigenvalue weighted by Gasteiger charge is -2.09. The van der Waals surface area contributed by atoms with Crippen LogP contribution in [0.25, 0.3) is 0 Å². The second-order valence-corrected chi connectivity index (χ2v) is 7.57. The van der Waals surface area contributed by atoms with Crippen molar-refractivity contribution in [3.8, 4) is 17.2 Å². The van der Waals surface area contributed by atoms with Gasteiger partial charge in [0.25, 0.3) is 0 Å². The molecule has 0 spiro atoms. The van der Waals surface area contributed by atoms with Crippen LogP contribution in [0.5, 0.6) is 17.2 Å². The number of phenolic OH excluding ortho intramolecular Hbond substituents is 1. The minimum Gasteiger partial charge on any atom is -0.506 e. The Morgan fingerprint density at radius 3 is 2.33 bits per heavy atom. The summed E-state index contributed by atoms with van der Waals surface area (Å²) in [5.41, 5.74) is 2.97. The highest BCUT2D eigenvalue weighted by Crippen LogP contribution is 2.31. The molecule has 144 valence electrons. The van der Waals surface area contributed by atoms with E-state index in [2.05, 4.69) is 10.5 Å².